The van der Waals surface area contributed by atoms with Crippen LogP contribution in [0.3, 0.4) is 0 Å². The van der Waals surface area contributed by atoms with Crippen molar-refractivity contribution < 1.29 is 23.8 Å². The Morgan fingerprint density at radius 1 is 1.17 bits per heavy atom. The highest BCUT2D eigenvalue weighted by atomic mass is 79.9. The first-order chi connectivity index (χ1) is 16.8. The molecule has 1 heterocycles. The molecule has 1 aliphatic heterocycles. The Labute approximate surface area is 214 Å². The fourth-order valence-corrected chi connectivity index (χ4v) is 4.77. The number of carbonyl (C=O) groups excluding carboxylic acids is 1. The SMILES string of the molecule is CCN1C(=O)/C(=C/c2cc(Br)ccc2OCc2ccc(F)cc2)SC1=Nc1cccc(C(=O)O)c1. The van der Waals surface area contributed by atoms with Crippen LogP contribution in [0.4, 0.5) is 10.1 Å². The second-order valence-corrected chi connectivity index (χ2v) is 9.43. The number of nitrogens with zero attached hydrogens (tertiary/aromatic N) is 2. The number of rotatable bonds is 7. The highest BCUT2D eigenvalue weighted by Crippen LogP contribution is 2.36. The van der Waals surface area contributed by atoms with Crippen LogP contribution in [0, 0.1) is 5.82 Å². The van der Waals surface area contributed by atoms with E-state index in [4.69, 9.17) is 4.74 Å². The van der Waals surface area contributed by atoms with Crippen molar-refractivity contribution in [3.05, 3.63) is 98.6 Å². The number of benzene rings is 3. The Morgan fingerprint density at radius 3 is 2.66 bits per heavy atom. The molecule has 0 bridgehead atoms. The quantitative estimate of drug-likeness (QED) is 0.337. The van der Waals surface area contributed by atoms with Gasteiger partial charge >= 0.3 is 5.97 Å². The minimum atomic E-state index is -1.04. The molecule has 1 N–H and O–H groups in total. The fraction of sp³-hybridized carbons (Fsp3) is 0.115. The van der Waals surface area contributed by atoms with Crippen LogP contribution in [-0.2, 0) is 11.4 Å². The second-order valence-electron chi connectivity index (χ2n) is 7.51. The molecule has 1 aliphatic rings. The monoisotopic (exact) mass is 554 g/mol. The number of thioether (sulfide) groups is 1. The van der Waals surface area contributed by atoms with Crippen LogP contribution in [0.15, 0.2) is 81.1 Å². The maximum atomic E-state index is 13.2. The zero-order chi connectivity index (χ0) is 24.9. The van der Waals surface area contributed by atoms with Gasteiger partial charge < -0.3 is 9.84 Å². The van der Waals surface area contributed by atoms with E-state index in [0.29, 0.717) is 33.6 Å². The number of aliphatic imine (C=N–C) groups is 1. The fourth-order valence-electron chi connectivity index (χ4n) is 3.34. The van der Waals surface area contributed by atoms with Gasteiger partial charge in [-0.15, -0.1) is 0 Å². The molecule has 0 aliphatic carbocycles. The highest BCUT2D eigenvalue weighted by Gasteiger charge is 2.32. The zero-order valence-corrected chi connectivity index (χ0v) is 21.0. The summed E-state index contributed by atoms with van der Waals surface area (Å²) in [6, 6.07) is 17.8. The molecule has 3 aromatic rings. The molecule has 4 rings (SSSR count). The lowest BCUT2D eigenvalue weighted by Crippen LogP contribution is -2.28. The zero-order valence-electron chi connectivity index (χ0n) is 18.6. The Bertz CT molecular complexity index is 1340. The number of amidine groups is 1. The van der Waals surface area contributed by atoms with Gasteiger partial charge in [-0.1, -0.05) is 34.1 Å². The highest BCUT2D eigenvalue weighted by molar-refractivity contribution is 9.10. The van der Waals surface area contributed by atoms with Gasteiger partial charge in [-0.3, -0.25) is 9.69 Å². The normalized spacial score (nSPS) is 15.7. The summed E-state index contributed by atoms with van der Waals surface area (Å²) in [5, 5.41) is 9.70. The minimum Gasteiger partial charge on any atom is -0.488 e. The maximum absolute atomic E-state index is 13.2. The summed E-state index contributed by atoms with van der Waals surface area (Å²) in [4.78, 5) is 30.9. The number of aromatic carboxylic acids is 1. The van der Waals surface area contributed by atoms with E-state index in [2.05, 4.69) is 20.9 Å². The average Bonchev–Trinajstić information content (AvgIpc) is 3.13. The minimum absolute atomic E-state index is 0.122. The van der Waals surface area contributed by atoms with Gasteiger partial charge in [0.25, 0.3) is 5.91 Å². The second kappa shape index (κ2) is 10.9. The molecule has 0 spiro atoms. The van der Waals surface area contributed by atoms with Gasteiger partial charge in [-0.2, -0.15) is 0 Å². The molecule has 178 valence electrons. The molecule has 0 unspecified atom stereocenters. The number of carboxylic acids is 1. The van der Waals surface area contributed by atoms with Crippen molar-refractivity contribution in [2.24, 2.45) is 4.99 Å². The summed E-state index contributed by atoms with van der Waals surface area (Å²) in [5.41, 5.74) is 2.08. The Morgan fingerprint density at radius 2 is 1.94 bits per heavy atom. The summed E-state index contributed by atoms with van der Waals surface area (Å²) < 4.78 is 20.0. The summed E-state index contributed by atoms with van der Waals surface area (Å²) in [6.45, 7) is 2.50. The van der Waals surface area contributed by atoms with Crippen LogP contribution in [-0.4, -0.2) is 33.6 Å². The van der Waals surface area contributed by atoms with E-state index in [1.54, 1.807) is 41.3 Å². The molecule has 1 fully saturated rings. The van der Waals surface area contributed by atoms with Gasteiger partial charge in [0.05, 0.1) is 16.2 Å². The molecular weight excluding hydrogens is 535 g/mol. The van der Waals surface area contributed by atoms with Crippen molar-refractivity contribution in [3.8, 4) is 5.75 Å². The van der Waals surface area contributed by atoms with Crippen LogP contribution in [0.2, 0.25) is 0 Å². The van der Waals surface area contributed by atoms with Gasteiger partial charge in [-0.25, -0.2) is 14.2 Å². The number of hydrogen-bond acceptors (Lipinski definition) is 5. The van der Waals surface area contributed by atoms with E-state index in [9.17, 15) is 19.1 Å². The molecule has 9 heteroatoms. The van der Waals surface area contributed by atoms with E-state index >= 15 is 0 Å². The van der Waals surface area contributed by atoms with E-state index in [1.165, 1.54) is 36.0 Å². The first-order valence-corrected chi connectivity index (χ1v) is 12.2. The van der Waals surface area contributed by atoms with E-state index in [-0.39, 0.29) is 23.9 Å². The largest absolute Gasteiger partial charge is 0.488 e. The Hall–Kier alpha value is -3.43. The van der Waals surface area contributed by atoms with Gasteiger partial charge in [-0.05, 0) is 78.9 Å². The predicted molar refractivity (Wildman–Crippen MR) is 138 cm³/mol. The molecular formula is C26H20BrFN2O4S. The van der Waals surface area contributed by atoms with Crippen molar-refractivity contribution in [1.29, 1.82) is 0 Å². The molecule has 0 saturated carbocycles. The molecule has 0 aromatic heterocycles. The lowest BCUT2D eigenvalue weighted by molar-refractivity contribution is -0.122. The first-order valence-electron chi connectivity index (χ1n) is 10.6. The molecule has 0 radical (unpaired) electrons. The third kappa shape index (κ3) is 5.98. The van der Waals surface area contributed by atoms with Gasteiger partial charge in [0.1, 0.15) is 18.2 Å². The summed E-state index contributed by atoms with van der Waals surface area (Å²) in [5.74, 6) is -0.985. The van der Waals surface area contributed by atoms with Crippen molar-refractivity contribution in [3.63, 3.8) is 0 Å². The number of amides is 1. The Kier molecular flexibility index (Phi) is 7.67. The van der Waals surface area contributed by atoms with E-state index in [0.717, 1.165) is 10.0 Å². The number of halogens is 2. The maximum Gasteiger partial charge on any atom is 0.335 e. The molecule has 1 saturated heterocycles. The van der Waals surface area contributed by atoms with Crippen LogP contribution in [0.5, 0.6) is 5.75 Å². The topological polar surface area (TPSA) is 79.2 Å². The molecule has 35 heavy (non-hydrogen) atoms. The molecule has 6 nitrogen and oxygen atoms in total. The standard InChI is InChI=1S/C26H20BrFN2O4S/c1-2-30-24(31)23(35-26(30)29-21-5-3-4-17(13-21)25(32)33)14-18-12-19(27)8-11-22(18)34-15-16-6-9-20(28)10-7-16/h3-14H,2,15H2,1H3,(H,32,33)/b23-14-,29-26?. The van der Waals surface area contributed by atoms with Crippen LogP contribution in [0.1, 0.15) is 28.4 Å². The number of carbonyl (C=O) groups is 2. The smallest absolute Gasteiger partial charge is 0.335 e. The lowest BCUT2D eigenvalue weighted by atomic mass is 10.1. The van der Waals surface area contributed by atoms with Gasteiger partial charge in [0.15, 0.2) is 5.17 Å². The summed E-state index contributed by atoms with van der Waals surface area (Å²) >= 11 is 4.68. The third-order valence-electron chi connectivity index (χ3n) is 5.09. The van der Waals surface area contributed by atoms with Gasteiger partial charge in [0.2, 0.25) is 0 Å². The lowest BCUT2D eigenvalue weighted by Gasteiger charge is -2.12. The number of likely N-dealkylation sites (N-methyl/N-ethyl adjacent to an activating group) is 1. The predicted octanol–water partition coefficient (Wildman–Crippen LogP) is 6.49. The van der Waals surface area contributed by atoms with E-state index < -0.39 is 5.97 Å². The Balaban J connectivity index is 1.62. The molecule has 1 amide bonds. The first kappa shape index (κ1) is 24.7. The third-order valence-corrected chi connectivity index (χ3v) is 6.59. The van der Waals surface area contributed by atoms with Crippen LogP contribution in [0.25, 0.3) is 6.08 Å². The van der Waals surface area contributed by atoms with Crippen molar-refractivity contribution in [2.75, 3.05) is 6.54 Å². The number of carboxylic acid groups (broad SMARTS) is 1. The van der Waals surface area contributed by atoms with Crippen molar-refractivity contribution >= 4 is 56.5 Å². The average molecular weight is 555 g/mol. The number of hydrogen-bond donors (Lipinski definition) is 1. The van der Waals surface area contributed by atoms with Crippen molar-refractivity contribution in [2.45, 2.75) is 13.5 Å². The number of ether oxygens (including phenoxy) is 1. The summed E-state index contributed by atoms with van der Waals surface area (Å²) in [6.07, 6.45) is 1.75. The van der Waals surface area contributed by atoms with Crippen LogP contribution >= 0.6 is 27.7 Å². The van der Waals surface area contributed by atoms with Crippen LogP contribution < -0.4 is 4.74 Å². The van der Waals surface area contributed by atoms with Crippen molar-refractivity contribution in [1.82, 2.24) is 4.90 Å². The molecule has 0 atom stereocenters. The molecule has 3 aromatic carbocycles. The van der Waals surface area contributed by atoms with Gasteiger partial charge in [0, 0.05) is 16.6 Å². The van der Waals surface area contributed by atoms with E-state index in [1.807, 2.05) is 19.1 Å². The summed E-state index contributed by atoms with van der Waals surface area (Å²) in [7, 11) is 0.